The smallest absolute Gasteiger partial charge is 0.257 e. The molecule has 20 heavy (non-hydrogen) atoms. The highest BCUT2D eigenvalue weighted by Gasteiger charge is 2.33. The molecule has 0 bridgehead atoms. The summed E-state index contributed by atoms with van der Waals surface area (Å²) in [6, 6.07) is -0.278. The molecule has 2 rings (SSSR count). The van der Waals surface area contributed by atoms with Crippen molar-refractivity contribution in [2.45, 2.75) is 6.04 Å². The molecule has 0 unspecified atom stereocenters. The van der Waals surface area contributed by atoms with Gasteiger partial charge in [0, 0.05) is 47.0 Å². The number of amides is 2. The van der Waals surface area contributed by atoms with Crippen LogP contribution in [0.2, 0.25) is 0 Å². The number of rotatable bonds is 2. The molecule has 7 nitrogen and oxygen atoms in total. The van der Waals surface area contributed by atoms with E-state index in [0.29, 0.717) is 25.2 Å². The van der Waals surface area contributed by atoms with Gasteiger partial charge in [-0.25, -0.2) is 0 Å². The molecule has 2 heterocycles. The average Bonchev–Trinajstić information content (AvgIpc) is 2.84. The van der Waals surface area contributed by atoms with Gasteiger partial charge in [-0.3, -0.25) is 19.2 Å². The second kappa shape index (κ2) is 5.62. The number of aryl methyl sites for hydroxylation is 1. The van der Waals surface area contributed by atoms with Crippen LogP contribution in [-0.2, 0) is 11.8 Å². The van der Waals surface area contributed by atoms with Crippen LogP contribution in [0.4, 0.5) is 0 Å². The van der Waals surface area contributed by atoms with Gasteiger partial charge in [0.05, 0.1) is 11.8 Å². The van der Waals surface area contributed by atoms with Crippen LogP contribution in [0.25, 0.3) is 0 Å². The lowest BCUT2D eigenvalue weighted by atomic mass is 10.1. The SMILES string of the molecule is CN(C)C(=O)[C@@H]1CN(C(=O)c2cnn(C)c2)CCN1C. The van der Waals surface area contributed by atoms with E-state index in [2.05, 4.69) is 5.10 Å². The van der Waals surface area contributed by atoms with Gasteiger partial charge in [0.2, 0.25) is 5.91 Å². The minimum atomic E-state index is -0.278. The summed E-state index contributed by atoms with van der Waals surface area (Å²) >= 11 is 0. The fourth-order valence-electron chi connectivity index (χ4n) is 2.34. The number of hydrogen-bond donors (Lipinski definition) is 0. The Kier molecular flexibility index (Phi) is 4.08. The highest BCUT2D eigenvalue weighted by Crippen LogP contribution is 2.13. The van der Waals surface area contributed by atoms with Crippen molar-refractivity contribution in [3.05, 3.63) is 18.0 Å². The van der Waals surface area contributed by atoms with Crippen molar-refractivity contribution >= 4 is 11.8 Å². The van der Waals surface area contributed by atoms with E-state index in [4.69, 9.17) is 0 Å². The summed E-state index contributed by atoms with van der Waals surface area (Å²) < 4.78 is 1.60. The third kappa shape index (κ3) is 2.82. The number of carbonyl (C=O) groups is 2. The molecule has 7 heteroatoms. The third-order valence-corrected chi connectivity index (χ3v) is 3.61. The Labute approximate surface area is 118 Å². The van der Waals surface area contributed by atoms with Crippen LogP contribution in [0, 0.1) is 0 Å². The Morgan fingerprint density at radius 1 is 1.30 bits per heavy atom. The van der Waals surface area contributed by atoms with E-state index in [-0.39, 0.29) is 17.9 Å². The van der Waals surface area contributed by atoms with Crippen molar-refractivity contribution in [1.29, 1.82) is 0 Å². The molecule has 1 saturated heterocycles. The van der Waals surface area contributed by atoms with Crippen molar-refractivity contribution in [3.8, 4) is 0 Å². The minimum absolute atomic E-state index is 0.0242. The summed E-state index contributed by atoms with van der Waals surface area (Å²) in [7, 11) is 7.16. The average molecular weight is 279 g/mol. The number of likely N-dealkylation sites (N-methyl/N-ethyl adjacent to an activating group) is 2. The molecule has 110 valence electrons. The highest BCUT2D eigenvalue weighted by molar-refractivity contribution is 5.94. The topological polar surface area (TPSA) is 61.7 Å². The first kappa shape index (κ1) is 14.5. The molecule has 1 aliphatic heterocycles. The van der Waals surface area contributed by atoms with Gasteiger partial charge in [0.25, 0.3) is 5.91 Å². The molecule has 0 aromatic carbocycles. The van der Waals surface area contributed by atoms with Gasteiger partial charge in [0.1, 0.15) is 6.04 Å². The van der Waals surface area contributed by atoms with Gasteiger partial charge < -0.3 is 9.80 Å². The molecular formula is C13H21N5O2. The molecule has 0 N–H and O–H groups in total. The van der Waals surface area contributed by atoms with Gasteiger partial charge in [-0.15, -0.1) is 0 Å². The first-order valence-corrected chi connectivity index (χ1v) is 6.59. The fourth-order valence-corrected chi connectivity index (χ4v) is 2.34. The Hall–Kier alpha value is -1.89. The van der Waals surface area contributed by atoms with E-state index in [1.165, 1.54) is 0 Å². The van der Waals surface area contributed by atoms with Gasteiger partial charge in [-0.2, -0.15) is 5.10 Å². The zero-order valence-electron chi connectivity index (χ0n) is 12.4. The van der Waals surface area contributed by atoms with Gasteiger partial charge in [-0.1, -0.05) is 0 Å². The molecule has 1 fully saturated rings. The lowest BCUT2D eigenvalue weighted by Crippen LogP contribution is -2.58. The first-order chi connectivity index (χ1) is 9.40. The largest absolute Gasteiger partial charge is 0.347 e. The monoisotopic (exact) mass is 279 g/mol. The maximum atomic E-state index is 12.4. The molecule has 1 atom stereocenters. The summed E-state index contributed by atoms with van der Waals surface area (Å²) in [4.78, 5) is 29.8. The molecule has 1 aromatic rings. The highest BCUT2D eigenvalue weighted by atomic mass is 16.2. The number of nitrogens with zero attached hydrogens (tertiary/aromatic N) is 5. The quantitative estimate of drug-likeness (QED) is 0.716. The zero-order chi connectivity index (χ0) is 14.9. The van der Waals surface area contributed by atoms with E-state index >= 15 is 0 Å². The predicted octanol–water partition coefficient (Wildman–Crippen LogP) is -0.735. The molecule has 1 aliphatic rings. The van der Waals surface area contributed by atoms with E-state index < -0.39 is 0 Å². The van der Waals surface area contributed by atoms with Crippen molar-refractivity contribution in [2.24, 2.45) is 7.05 Å². The number of hydrogen-bond acceptors (Lipinski definition) is 4. The van der Waals surface area contributed by atoms with Crippen LogP contribution in [0.1, 0.15) is 10.4 Å². The molecule has 0 aliphatic carbocycles. The Morgan fingerprint density at radius 3 is 2.55 bits per heavy atom. The lowest BCUT2D eigenvalue weighted by Gasteiger charge is -2.39. The number of piperazine rings is 1. The summed E-state index contributed by atoms with van der Waals surface area (Å²) in [5.41, 5.74) is 0.563. The molecule has 2 amide bonds. The summed E-state index contributed by atoms with van der Waals surface area (Å²) in [6.45, 7) is 1.74. The maximum Gasteiger partial charge on any atom is 0.257 e. The van der Waals surface area contributed by atoms with Crippen LogP contribution in [-0.4, -0.2) is 83.1 Å². The molecule has 0 spiro atoms. The van der Waals surface area contributed by atoms with Crippen LogP contribution in [0.15, 0.2) is 12.4 Å². The van der Waals surface area contributed by atoms with E-state index in [9.17, 15) is 9.59 Å². The van der Waals surface area contributed by atoms with Gasteiger partial charge in [-0.05, 0) is 7.05 Å². The van der Waals surface area contributed by atoms with Crippen molar-refractivity contribution in [3.63, 3.8) is 0 Å². The number of aromatic nitrogens is 2. The van der Waals surface area contributed by atoms with E-state index in [1.807, 2.05) is 11.9 Å². The summed E-state index contributed by atoms with van der Waals surface area (Å²) in [6.07, 6.45) is 3.26. The maximum absolute atomic E-state index is 12.4. The molecule has 1 aromatic heterocycles. The normalized spacial score (nSPS) is 20.0. The second-order valence-electron chi connectivity index (χ2n) is 5.38. The molecule has 0 radical (unpaired) electrons. The Balaban J connectivity index is 2.10. The summed E-state index contributed by atoms with van der Waals surface area (Å²) in [5, 5.41) is 4.01. The summed E-state index contributed by atoms with van der Waals surface area (Å²) in [5.74, 6) is -0.0426. The van der Waals surface area contributed by atoms with Gasteiger partial charge in [0.15, 0.2) is 0 Å². The molecule has 0 saturated carbocycles. The van der Waals surface area contributed by atoms with Crippen molar-refractivity contribution in [2.75, 3.05) is 40.8 Å². The van der Waals surface area contributed by atoms with Crippen LogP contribution < -0.4 is 0 Å². The number of carbonyl (C=O) groups excluding carboxylic acids is 2. The predicted molar refractivity (Wildman–Crippen MR) is 74.2 cm³/mol. The minimum Gasteiger partial charge on any atom is -0.347 e. The Morgan fingerprint density at radius 2 is 2.00 bits per heavy atom. The van der Waals surface area contributed by atoms with Crippen molar-refractivity contribution in [1.82, 2.24) is 24.5 Å². The van der Waals surface area contributed by atoms with Crippen molar-refractivity contribution < 1.29 is 9.59 Å². The lowest BCUT2D eigenvalue weighted by molar-refractivity contribution is -0.135. The second-order valence-corrected chi connectivity index (χ2v) is 5.38. The fraction of sp³-hybridized carbons (Fsp3) is 0.615. The van der Waals surface area contributed by atoms with Crippen LogP contribution in [0.3, 0.4) is 0 Å². The standard InChI is InChI=1S/C13H21N5O2/c1-15(2)13(20)11-9-18(6-5-16(11)3)12(19)10-7-14-17(4)8-10/h7-8,11H,5-6,9H2,1-4H3/t11-/m0/s1. The first-order valence-electron chi connectivity index (χ1n) is 6.59. The third-order valence-electron chi connectivity index (χ3n) is 3.61. The molecular weight excluding hydrogens is 258 g/mol. The van der Waals surface area contributed by atoms with E-state index in [1.54, 1.807) is 48.0 Å². The van der Waals surface area contributed by atoms with Crippen LogP contribution in [0.5, 0.6) is 0 Å². The van der Waals surface area contributed by atoms with Crippen LogP contribution >= 0.6 is 0 Å². The zero-order valence-corrected chi connectivity index (χ0v) is 12.4. The van der Waals surface area contributed by atoms with E-state index in [0.717, 1.165) is 0 Å². The Bertz CT molecular complexity index is 511. The van der Waals surface area contributed by atoms with Gasteiger partial charge >= 0.3 is 0 Å².